The van der Waals surface area contributed by atoms with Crippen molar-refractivity contribution in [2.45, 2.75) is 64.2 Å². The minimum atomic E-state index is 0.132. The lowest BCUT2D eigenvalue weighted by Crippen LogP contribution is -2.38. The summed E-state index contributed by atoms with van der Waals surface area (Å²) in [5.41, 5.74) is 15.9. The third-order valence-corrected chi connectivity index (χ3v) is 13.2. The van der Waals surface area contributed by atoms with Gasteiger partial charge in [-0.25, -0.2) is 0 Å². The lowest BCUT2D eigenvalue weighted by molar-refractivity contribution is -0.608. The van der Waals surface area contributed by atoms with E-state index in [4.69, 9.17) is 28.2 Å². The Labute approximate surface area is 378 Å². The van der Waals surface area contributed by atoms with Gasteiger partial charge in [-0.3, -0.25) is 24.5 Å². The standard InChI is InChI=1S/C26H24ClN3O2.C26H24ClN3O/c27-22-5-6-23-21(17-22)4-3-20-2-1-13-30(32)26(20)25(23)19-9-14-29(15-10-19)24(31)16-18-7-11-28-12-8-18;27-22-5-6-23-21(17-22)4-3-20-2-1-11-29-26(20)25(23)19-9-14-30(15-10-19)24(31)16-18-7-12-28-13-8-18/h1-2,5-8,11-13,17H,3-4,9-10,14-16H2;1-2,5-8,11-13,17H,3-4,9-10,14-16H2. The molecule has 0 radical (unpaired) electrons. The molecule has 2 aliphatic heterocycles. The molecule has 318 valence electrons. The van der Waals surface area contributed by atoms with Crippen LogP contribution in [-0.4, -0.2) is 62.7 Å². The number of amides is 2. The second kappa shape index (κ2) is 19.1. The third-order valence-electron chi connectivity index (χ3n) is 12.8. The number of likely N-dealkylation sites (tertiary alicyclic amines) is 2. The number of carbonyl (C=O) groups excluding carboxylic acids is 2. The van der Waals surface area contributed by atoms with Crippen molar-refractivity contribution in [3.05, 3.63) is 204 Å². The van der Waals surface area contributed by atoms with Crippen molar-refractivity contribution in [1.29, 1.82) is 0 Å². The van der Waals surface area contributed by atoms with E-state index in [0.29, 0.717) is 31.0 Å². The molecule has 11 heteroatoms. The molecule has 2 aromatic carbocycles. The van der Waals surface area contributed by atoms with E-state index in [0.717, 1.165) is 113 Å². The maximum atomic E-state index is 12.9. The summed E-state index contributed by atoms with van der Waals surface area (Å²) < 4.78 is 1.00. The van der Waals surface area contributed by atoms with Gasteiger partial charge in [-0.15, -0.1) is 0 Å². The van der Waals surface area contributed by atoms with E-state index in [1.807, 2.05) is 82.7 Å². The van der Waals surface area contributed by atoms with E-state index in [-0.39, 0.29) is 11.8 Å². The minimum Gasteiger partial charge on any atom is -0.618 e. The fourth-order valence-electron chi connectivity index (χ4n) is 9.53. The number of pyridine rings is 4. The largest absolute Gasteiger partial charge is 0.618 e. The monoisotopic (exact) mass is 874 g/mol. The van der Waals surface area contributed by atoms with Crippen LogP contribution in [0.15, 0.2) is 133 Å². The van der Waals surface area contributed by atoms with Crippen LogP contribution in [0.4, 0.5) is 0 Å². The van der Waals surface area contributed by atoms with Gasteiger partial charge in [-0.2, -0.15) is 4.73 Å². The van der Waals surface area contributed by atoms with Gasteiger partial charge in [-0.05, 0) is 151 Å². The van der Waals surface area contributed by atoms with Gasteiger partial charge in [-0.1, -0.05) is 52.5 Å². The number of aromatic nitrogens is 4. The third kappa shape index (κ3) is 9.46. The zero-order chi connectivity index (χ0) is 43.3. The second-order valence-electron chi connectivity index (χ2n) is 16.6. The van der Waals surface area contributed by atoms with E-state index in [2.05, 4.69) is 28.2 Å². The SMILES string of the molecule is O=C(Cc1ccncc1)N1CCC(=C2c3ccc(Cl)cc3CCc3ccc[n+]([O-])c32)CC1.O=C(Cc1ccncc1)N1CCC(=C2c3ccc(Cl)cc3CCc3cccnc32)CC1. The molecule has 2 amide bonds. The van der Waals surface area contributed by atoms with Crippen molar-refractivity contribution >= 4 is 46.2 Å². The van der Waals surface area contributed by atoms with E-state index < -0.39 is 0 Å². The number of piperidine rings is 2. The summed E-state index contributed by atoms with van der Waals surface area (Å²) in [6, 6.07) is 27.8. The summed E-state index contributed by atoms with van der Waals surface area (Å²) in [6.07, 6.45) is 18.0. The van der Waals surface area contributed by atoms with Crippen molar-refractivity contribution in [3.63, 3.8) is 0 Å². The molecule has 2 saturated heterocycles. The number of hydrogen-bond donors (Lipinski definition) is 0. The smallest absolute Gasteiger partial charge is 0.227 e. The Kier molecular flexibility index (Phi) is 12.8. The fraction of sp³-hybridized carbons (Fsp3) is 0.269. The van der Waals surface area contributed by atoms with E-state index in [1.165, 1.54) is 39.0 Å². The van der Waals surface area contributed by atoms with Crippen molar-refractivity contribution in [1.82, 2.24) is 24.8 Å². The van der Waals surface area contributed by atoms with Crippen LogP contribution in [0.25, 0.3) is 11.1 Å². The Balaban J connectivity index is 0.000000160. The number of nitrogens with zero attached hydrogens (tertiary/aromatic N) is 6. The highest BCUT2D eigenvalue weighted by atomic mass is 35.5. The van der Waals surface area contributed by atoms with Crippen LogP contribution < -0.4 is 4.73 Å². The number of carbonyl (C=O) groups is 2. The summed E-state index contributed by atoms with van der Waals surface area (Å²) in [5.74, 6) is 0.314. The second-order valence-corrected chi connectivity index (χ2v) is 17.5. The summed E-state index contributed by atoms with van der Waals surface area (Å²) in [4.78, 5) is 42.4. The normalized spacial score (nSPS) is 15.8. The number of hydrogen-bond acceptors (Lipinski definition) is 6. The van der Waals surface area contributed by atoms with Crippen LogP contribution >= 0.6 is 23.2 Å². The molecule has 9 nitrogen and oxygen atoms in total. The van der Waals surface area contributed by atoms with Gasteiger partial charge in [0.2, 0.25) is 17.5 Å². The lowest BCUT2D eigenvalue weighted by Gasteiger charge is -2.30. The maximum absolute atomic E-state index is 12.9. The molecule has 0 saturated carbocycles. The Hall–Kier alpha value is -6.16. The minimum absolute atomic E-state index is 0.132. The van der Waals surface area contributed by atoms with Gasteiger partial charge >= 0.3 is 0 Å². The first-order chi connectivity index (χ1) is 30.8. The van der Waals surface area contributed by atoms with Crippen molar-refractivity contribution in [2.75, 3.05) is 26.2 Å². The Bertz CT molecular complexity index is 2720. The first-order valence-corrected chi connectivity index (χ1v) is 22.6. The maximum Gasteiger partial charge on any atom is 0.227 e. The van der Waals surface area contributed by atoms with Crippen LogP contribution in [-0.2, 0) is 48.1 Å². The van der Waals surface area contributed by atoms with Crippen molar-refractivity contribution in [2.24, 2.45) is 0 Å². The number of halogens is 2. The summed E-state index contributed by atoms with van der Waals surface area (Å²) in [5, 5.41) is 14.4. The van der Waals surface area contributed by atoms with Gasteiger partial charge in [0.1, 0.15) is 0 Å². The summed E-state index contributed by atoms with van der Waals surface area (Å²) >= 11 is 12.6. The van der Waals surface area contributed by atoms with E-state index >= 15 is 0 Å². The Morgan fingerprint density at radius 3 is 1.59 bits per heavy atom. The number of rotatable bonds is 4. The Morgan fingerprint density at radius 1 is 0.556 bits per heavy atom. The number of fused-ring (bicyclic) bond motifs is 4. The summed E-state index contributed by atoms with van der Waals surface area (Å²) in [6.45, 7) is 2.81. The molecule has 2 aliphatic carbocycles. The van der Waals surface area contributed by atoms with Gasteiger partial charge in [0, 0.05) is 84.4 Å². The van der Waals surface area contributed by atoms with Crippen molar-refractivity contribution in [3.8, 4) is 0 Å². The predicted molar refractivity (Wildman–Crippen MR) is 247 cm³/mol. The zero-order valence-electron chi connectivity index (χ0n) is 35.1. The van der Waals surface area contributed by atoms with Crippen LogP contribution in [0, 0.1) is 5.21 Å². The van der Waals surface area contributed by atoms with Crippen LogP contribution in [0.2, 0.25) is 10.0 Å². The molecule has 0 unspecified atom stereocenters. The molecule has 63 heavy (non-hydrogen) atoms. The molecule has 4 aromatic heterocycles. The average molecular weight is 876 g/mol. The first-order valence-electron chi connectivity index (χ1n) is 21.8. The van der Waals surface area contributed by atoms with Gasteiger partial charge < -0.3 is 15.0 Å². The van der Waals surface area contributed by atoms with E-state index in [9.17, 15) is 14.8 Å². The summed E-state index contributed by atoms with van der Waals surface area (Å²) in [7, 11) is 0. The quantitative estimate of drug-likeness (QED) is 0.129. The highest BCUT2D eigenvalue weighted by Crippen LogP contribution is 2.40. The number of benzene rings is 2. The highest BCUT2D eigenvalue weighted by Gasteiger charge is 2.31. The average Bonchev–Trinajstić information content (AvgIpc) is 3.58. The van der Waals surface area contributed by atoms with Crippen molar-refractivity contribution < 1.29 is 14.3 Å². The molecule has 2 fully saturated rings. The van der Waals surface area contributed by atoms with Crippen LogP contribution in [0.1, 0.15) is 81.6 Å². The molecule has 0 atom stereocenters. The molecule has 6 heterocycles. The van der Waals surface area contributed by atoms with Gasteiger partial charge in [0.15, 0.2) is 6.20 Å². The fourth-order valence-corrected chi connectivity index (χ4v) is 9.92. The first kappa shape index (κ1) is 42.2. The molecule has 6 aromatic rings. The zero-order valence-corrected chi connectivity index (χ0v) is 36.6. The molecule has 0 bridgehead atoms. The van der Waals surface area contributed by atoms with Gasteiger partial charge in [0.25, 0.3) is 0 Å². The molecule has 10 rings (SSSR count). The highest BCUT2D eigenvalue weighted by molar-refractivity contribution is 6.31. The van der Waals surface area contributed by atoms with Crippen LogP contribution in [0.5, 0.6) is 0 Å². The van der Waals surface area contributed by atoms with Gasteiger partial charge in [0.05, 0.1) is 24.1 Å². The molecular weight excluding hydrogens is 828 g/mol. The molecular formula is C52H48Cl2N6O3. The topological polar surface area (TPSA) is 106 Å². The molecule has 4 aliphatic rings. The number of aryl methyl sites for hydroxylation is 4. The molecule has 0 N–H and O–H groups in total. The van der Waals surface area contributed by atoms with Crippen LogP contribution in [0.3, 0.4) is 0 Å². The predicted octanol–water partition coefficient (Wildman–Crippen LogP) is 9.03. The lowest BCUT2D eigenvalue weighted by atomic mass is 9.88. The molecule has 0 spiro atoms. The Morgan fingerprint density at radius 2 is 1.03 bits per heavy atom. The van der Waals surface area contributed by atoms with E-state index in [1.54, 1.807) is 31.0 Å².